The van der Waals surface area contributed by atoms with E-state index in [0.717, 1.165) is 84.4 Å². The van der Waals surface area contributed by atoms with Gasteiger partial charge >= 0.3 is 0 Å². The summed E-state index contributed by atoms with van der Waals surface area (Å²) in [6.45, 7) is 0. The second kappa shape index (κ2) is 11.5. The lowest BCUT2D eigenvalue weighted by atomic mass is 9.85. The van der Waals surface area contributed by atoms with Gasteiger partial charge in [0, 0.05) is 56.9 Å². The van der Waals surface area contributed by atoms with Crippen molar-refractivity contribution < 1.29 is 8.83 Å². The van der Waals surface area contributed by atoms with Crippen LogP contribution in [0.4, 0.5) is 0 Å². The molecule has 5 heteroatoms. The predicted octanol–water partition coefficient (Wildman–Crippen LogP) is 11.5. The monoisotopic (exact) mass is 643 g/mol. The third-order valence-corrected chi connectivity index (χ3v) is 9.75. The van der Waals surface area contributed by atoms with Gasteiger partial charge in [-0.3, -0.25) is 4.98 Å². The van der Waals surface area contributed by atoms with Gasteiger partial charge < -0.3 is 8.83 Å². The van der Waals surface area contributed by atoms with E-state index in [9.17, 15) is 0 Å². The Labute approximate surface area is 288 Å². The van der Waals surface area contributed by atoms with E-state index in [1.165, 1.54) is 11.1 Å². The first kappa shape index (κ1) is 28.4. The van der Waals surface area contributed by atoms with Crippen LogP contribution in [0.25, 0.3) is 84.1 Å². The van der Waals surface area contributed by atoms with Crippen LogP contribution in [0.15, 0.2) is 161 Å². The molecule has 0 bridgehead atoms. The van der Waals surface area contributed by atoms with Crippen LogP contribution < -0.4 is 0 Å². The number of para-hydroxylation sites is 2. The van der Waals surface area contributed by atoms with E-state index in [1.807, 2.05) is 79.0 Å². The number of pyridine rings is 1. The van der Waals surface area contributed by atoms with Crippen LogP contribution in [0, 0.1) is 0 Å². The number of hydrogen-bond donors (Lipinski definition) is 0. The van der Waals surface area contributed by atoms with E-state index in [0.29, 0.717) is 5.82 Å². The molecule has 1 aliphatic carbocycles. The van der Waals surface area contributed by atoms with Crippen LogP contribution in [0.5, 0.6) is 0 Å². The molecule has 5 nitrogen and oxygen atoms in total. The summed E-state index contributed by atoms with van der Waals surface area (Å²) in [5.41, 5.74) is 11.3. The van der Waals surface area contributed by atoms with Crippen molar-refractivity contribution in [2.24, 2.45) is 0 Å². The minimum atomic E-state index is 0.109. The molecule has 0 fully saturated rings. The van der Waals surface area contributed by atoms with E-state index in [2.05, 4.69) is 83.9 Å². The van der Waals surface area contributed by atoms with Gasteiger partial charge in [0.15, 0.2) is 5.82 Å². The van der Waals surface area contributed by atoms with Gasteiger partial charge in [-0.05, 0) is 42.0 Å². The molecule has 0 amide bonds. The van der Waals surface area contributed by atoms with Crippen molar-refractivity contribution in [2.75, 3.05) is 0 Å². The topological polar surface area (TPSA) is 65.0 Å². The average Bonchev–Trinajstić information content (AvgIpc) is 3.77. The summed E-state index contributed by atoms with van der Waals surface area (Å²) in [4.78, 5) is 15.1. The normalized spacial score (nSPS) is 14.0. The van der Waals surface area contributed by atoms with Crippen LogP contribution >= 0.6 is 0 Å². The van der Waals surface area contributed by atoms with Crippen LogP contribution in [0.2, 0.25) is 0 Å². The Bertz CT molecular complexity index is 2740. The number of allylic oxidation sites excluding steroid dienone is 1. The largest absolute Gasteiger partial charge is 0.460 e. The summed E-state index contributed by atoms with van der Waals surface area (Å²) in [7, 11) is 0. The summed E-state index contributed by atoms with van der Waals surface area (Å²) in [6, 6.07) is 47.5. The molecular weight excluding hydrogens is 615 g/mol. The molecule has 0 saturated carbocycles. The maximum atomic E-state index is 6.73. The maximum Gasteiger partial charge on any atom is 0.164 e. The van der Waals surface area contributed by atoms with E-state index in [1.54, 1.807) is 0 Å². The number of fused-ring (bicyclic) bond motifs is 6. The molecule has 236 valence electrons. The van der Waals surface area contributed by atoms with E-state index >= 15 is 0 Å². The Morgan fingerprint density at radius 1 is 0.560 bits per heavy atom. The molecule has 50 heavy (non-hydrogen) atoms. The minimum absolute atomic E-state index is 0.109. The molecule has 4 heterocycles. The fraction of sp³-hybridized carbons (Fsp3) is 0.0444. The second-order valence-electron chi connectivity index (χ2n) is 12.7. The molecule has 0 radical (unpaired) electrons. The highest BCUT2D eigenvalue weighted by atomic mass is 16.3. The molecule has 1 unspecified atom stereocenters. The van der Waals surface area contributed by atoms with Crippen molar-refractivity contribution in [3.05, 3.63) is 169 Å². The molecule has 0 N–H and O–H groups in total. The van der Waals surface area contributed by atoms with E-state index in [-0.39, 0.29) is 5.92 Å². The highest BCUT2D eigenvalue weighted by Crippen LogP contribution is 2.44. The van der Waals surface area contributed by atoms with Gasteiger partial charge in [-0.15, -0.1) is 0 Å². The van der Waals surface area contributed by atoms with Crippen LogP contribution in [-0.4, -0.2) is 15.0 Å². The van der Waals surface area contributed by atoms with Crippen LogP contribution in [0.3, 0.4) is 0 Å². The summed E-state index contributed by atoms with van der Waals surface area (Å²) < 4.78 is 13.1. The van der Waals surface area contributed by atoms with Gasteiger partial charge in [-0.1, -0.05) is 115 Å². The predicted molar refractivity (Wildman–Crippen MR) is 201 cm³/mol. The number of furan rings is 2. The number of benzene rings is 5. The lowest BCUT2D eigenvalue weighted by Crippen LogP contribution is -2.05. The molecule has 4 aromatic heterocycles. The highest BCUT2D eigenvalue weighted by molar-refractivity contribution is 6.11. The van der Waals surface area contributed by atoms with Gasteiger partial charge in [-0.2, -0.15) is 0 Å². The number of nitrogens with zero attached hydrogens (tertiary/aromatic N) is 3. The van der Waals surface area contributed by atoms with Gasteiger partial charge in [0.25, 0.3) is 0 Å². The zero-order valence-corrected chi connectivity index (χ0v) is 27.0. The first-order valence-electron chi connectivity index (χ1n) is 16.9. The minimum Gasteiger partial charge on any atom is -0.460 e. The van der Waals surface area contributed by atoms with Crippen LogP contribution in [0.1, 0.15) is 22.8 Å². The van der Waals surface area contributed by atoms with Crippen molar-refractivity contribution in [2.45, 2.75) is 12.3 Å². The molecule has 0 spiro atoms. The van der Waals surface area contributed by atoms with Gasteiger partial charge in [0.2, 0.25) is 0 Å². The first-order chi connectivity index (χ1) is 24.8. The van der Waals surface area contributed by atoms with E-state index < -0.39 is 0 Å². The standard InChI is InChI=1S/C45H29N3O2/c1-2-12-28(13-3-1)38-27-39(32-15-5-4-14-31(32)37-18-10-11-25-46-37)48-45(47-38)36-24-23-30(43-35-17-7-9-20-41(35)50-44(36)43)29-21-22-34-33-16-6-8-19-40(33)49-42(34)26-29/h1-25,27,29H,26H2. The zero-order chi connectivity index (χ0) is 33.0. The van der Waals surface area contributed by atoms with Crippen molar-refractivity contribution >= 4 is 39.0 Å². The number of aromatic nitrogens is 3. The quantitative estimate of drug-likeness (QED) is 0.187. The molecule has 1 atom stereocenters. The Balaban J connectivity index is 1.18. The highest BCUT2D eigenvalue weighted by Gasteiger charge is 2.26. The molecule has 0 aliphatic heterocycles. The zero-order valence-electron chi connectivity index (χ0n) is 27.0. The Kier molecular flexibility index (Phi) is 6.56. The Hall–Kier alpha value is -6.59. The Morgan fingerprint density at radius 3 is 2.08 bits per heavy atom. The van der Waals surface area contributed by atoms with Gasteiger partial charge in [0.05, 0.1) is 22.6 Å². The van der Waals surface area contributed by atoms with Crippen molar-refractivity contribution in [1.82, 2.24) is 15.0 Å². The second-order valence-corrected chi connectivity index (χ2v) is 12.7. The first-order valence-corrected chi connectivity index (χ1v) is 16.9. The fourth-order valence-corrected chi connectivity index (χ4v) is 7.40. The van der Waals surface area contributed by atoms with Gasteiger partial charge in [0.1, 0.15) is 22.5 Å². The number of hydrogen-bond acceptors (Lipinski definition) is 5. The summed E-state index contributed by atoms with van der Waals surface area (Å²) >= 11 is 0. The smallest absolute Gasteiger partial charge is 0.164 e. The summed E-state index contributed by atoms with van der Waals surface area (Å²) in [5.74, 6) is 1.73. The number of rotatable bonds is 5. The molecule has 5 aromatic carbocycles. The van der Waals surface area contributed by atoms with Crippen LogP contribution in [-0.2, 0) is 6.42 Å². The molecule has 0 saturated heterocycles. The fourth-order valence-electron chi connectivity index (χ4n) is 7.40. The van der Waals surface area contributed by atoms with E-state index in [4.69, 9.17) is 18.8 Å². The van der Waals surface area contributed by atoms with Gasteiger partial charge in [-0.25, -0.2) is 9.97 Å². The maximum absolute atomic E-state index is 6.73. The molecule has 10 rings (SSSR count). The molecular formula is C45H29N3O2. The SMILES string of the molecule is C1=CC(c2ccc(-c3nc(-c4ccccc4)cc(-c4ccccc4-c4ccccn4)n3)c3oc4ccccc4c23)Cc2oc3ccccc3c21. The van der Waals surface area contributed by atoms with Crippen molar-refractivity contribution in [3.8, 4) is 45.2 Å². The van der Waals surface area contributed by atoms with Crippen molar-refractivity contribution in [1.29, 1.82) is 0 Å². The third-order valence-electron chi connectivity index (χ3n) is 9.75. The van der Waals surface area contributed by atoms with Crippen molar-refractivity contribution in [3.63, 3.8) is 0 Å². The third kappa shape index (κ3) is 4.66. The lowest BCUT2D eigenvalue weighted by molar-refractivity contribution is 0.533. The Morgan fingerprint density at radius 2 is 1.26 bits per heavy atom. The average molecular weight is 644 g/mol. The lowest BCUT2D eigenvalue weighted by Gasteiger charge is -2.18. The molecule has 9 aromatic rings. The summed E-state index contributed by atoms with van der Waals surface area (Å²) in [5, 5.41) is 3.31. The summed E-state index contributed by atoms with van der Waals surface area (Å²) in [6.07, 6.45) is 7.11. The molecule has 1 aliphatic rings.